The summed E-state index contributed by atoms with van der Waals surface area (Å²) in [5.74, 6) is 0.580. The van der Waals surface area contributed by atoms with E-state index in [9.17, 15) is 0 Å². The summed E-state index contributed by atoms with van der Waals surface area (Å²) in [6.45, 7) is 0. The third kappa shape index (κ3) is 2.69. The molecule has 0 N–H and O–H groups in total. The highest BCUT2D eigenvalue weighted by atomic mass is 35.5. The van der Waals surface area contributed by atoms with Gasteiger partial charge < -0.3 is 4.74 Å². The maximum atomic E-state index is 6.13. The van der Waals surface area contributed by atoms with E-state index in [0.29, 0.717) is 11.3 Å². The van der Waals surface area contributed by atoms with Crippen LogP contribution in [-0.2, 0) is 4.52 Å². The Bertz CT molecular complexity index is 440. The number of hydrogen-bond donors (Lipinski definition) is 0. The molecule has 0 bridgehead atoms. The van der Waals surface area contributed by atoms with Gasteiger partial charge in [0.25, 0.3) is 4.52 Å². The van der Waals surface area contributed by atoms with Crippen molar-refractivity contribution in [3.05, 3.63) is 66.2 Å². The van der Waals surface area contributed by atoms with Crippen molar-refractivity contribution in [1.82, 2.24) is 0 Å². The van der Waals surface area contributed by atoms with Crippen molar-refractivity contribution in [2.75, 3.05) is 0 Å². The molecule has 2 aromatic carbocycles. The highest BCUT2D eigenvalue weighted by Gasteiger charge is 2.28. The quantitative estimate of drug-likeness (QED) is 0.745. The van der Waals surface area contributed by atoms with Crippen molar-refractivity contribution in [2.45, 2.75) is 4.52 Å². The lowest BCUT2D eigenvalue weighted by Gasteiger charge is -2.21. The second-order valence-electron chi connectivity index (χ2n) is 3.22. The van der Waals surface area contributed by atoms with E-state index in [2.05, 4.69) is 6.07 Å². The summed E-state index contributed by atoms with van der Waals surface area (Å²) >= 11 is 12.3. The molecule has 1 nitrogen and oxygen atoms in total. The van der Waals surface area contributed by atoms with Gasteiger partial charge in [-0.3, -0.25) is 0 Å². The lowest BCUT2D eigenvalue weighted by molar-refractivity contribution is 0.246. The standard InChI is InChI=1S/C13H9Cl2O/c14-13(15,11-7-3-1-4-8-11)16-12-9-5-2-6-10-12/h1-5,7-10H. The Balaban J connectivity index is 2.21. The molecule has 0 heterocycles. The Morgan fingerprint density at radius 1 is 1.00 bits per heavy atom. The molecular weight excluding hydrogens is 243 g/mol. The van der Waals surface area contributed by atoms with Gasteiger partial charge in [0.2, 0.25) is 0 Å². The smallest absolute Gasteiger partial charge is 0.284 e. The lowest BCUT2D eigenvalue weighted by Crippen LogP contribution is -2.18. The Kier molecular flexibility index (Phi) is 3.37. The predicted molar refractivity (Wildman–Crippen MR) is 65.7 cm³/mol. The molecule has 3 heteroatoms. The van der Waals surface area contributed by atoms with E-state index in [4.69, 9.17) is 27.9 Å². The molecule has 0 aromatic heterocycles. The van der Waals surface area contributed by atoms with Crippen molar-refractivity contribution >= 4 is 23.2 Å². The minimum Gasteiger partial charge on any atom is -0.454 e. The monoisotopic (exact) mass is 251 g/mol. The van der Waals surface area contributed by atoms with E-state index in [1.807, 2.05) is 36.4 Å². The molecule has 0 amide bonds. The van der Waals surface area contributed by atoms with Crippen molar-refractivity contribution < 1.29 is 4.74 Å². The fourth-order valence-electron chi connectivity index (χ4n) is 1.28. The van der Waals surface area contributed by atoms with Crippen LogP contribution in [0.1, 0.15) is 5.56 Å². The molecule has 0 aliphatic carbocycles. The van der Waals surface area contributed by atoms with Crippen molar-refractivity contribution in [3.63, 3.8) is 0 Å². The molecular formula is C13H9Cl2O. The Morgan fingerprint density at radius 2 is 1.75 bits per heavy atom. The Hall–Kier alpha value is -1.18. The van der Waals surface area contributed by atoms with Crippen molar-refractivity contribution in [3.8, 4) is 5.75 Å². The minimum atomic E-state index is -1.38. The zero-order chi connectivity index (χ0) is 11.4. The van der Waals surface area contributed by atoms with Gasteiger partial charge in [-0.15, -0.1) is 0 Å². The van der Waals surface area contributed by atoms with Crippen LogP contribution in [0.15, 0.2) is 54.6 Å². The minimum absolute atomic E-state index is 0.580. The zero-order valence-corrected chi connectivity index (χ0v) is 9.87. The first-order valence-corrected chi connectivity index (χ1v) is 5.52. The maximum absolute atomic E-state index is 6.13. The summed E-state index contributed by atoms with van der Waals surface area (Å²) in [6.07, 6.45) is 0. The highest BCUT2D eigenvalue weighted by Crippen LogP contribution is 2.35. The van der Waals surface area contributed by atoms with Crippen molar-refractivity contribution in [1.29, 1.82) is 0 Å². The highest BCUT2D eigenvalue weighted by molar-refractivity contribution is 6.47. The third-order valence-electron chi connectivity index (χ3n) is 2.03. The van der Waals surface area contributed by atoms with Crippen LogP contribution in [-0.4, -0.2) is 0 Å². The summed E-state index contributed by atoms with van der Waals surface area (Å²) in [6, 6.07) is 19.2. The van der Waals surface area contributed by atoms with Crippen molar-refractivity contribution in [2.24, 2.45) is 0 Å². The van der Waals surface area contributed by atoms with E-state index < -0.39 is 4.52 Å². The summed E-state index contributed by atoms with van der Waals surface area (Å²) in [4.78, 5) is 0. The summed E-state index contributed by atoms with van der Waals surface area (Å²) in [7, 11) is 0. The first-order chi connectivity index (χ1) is 7.68. The molecule has 2 aromatic rings. The lowest BCUT2D eigenvalue weighted by atomic mass is 10.2. The predicted octanol–water partition coefficient (Wildman–Crippen LogP) is 4.15. The molecule has 0 spiro atoms. The Morgan fingerprint density at radius 3 is 2.38 bits per heavy atom. The SMILES string of the molecule is ClC(Cl)(Oc1c[c]ccc1)c1ccccc1. The number of alkyl halides is 2. The zero-order valence-electron chi connectivity index (χ0n) is 8.36. The summed E-state index contributed by atoms with van der Waals surface area (Å²) < 4.78 is 4.11. The van der Waals surface area contributed by atoms with Gasteiger partial charge in [0.05, 0.1) is 0 Å². The molecule has 0 aliphatic rings. The molecule has 16 heavy (non-hydrogen) atoms. The number of halogens is 2. The average molecular weight is 252 g/mol. The van der Waals surface area contributed by atoms with Gasteiger partial charge in [-0.1, -0.05) is 65.7 Å². The first-order valence-electron chi connectivity index (χ1n) is 4.77. The van der Waals surface area contributed by atoms with E-state index in [1.165, 1.54) is 0 Å². The second-order valence-corrected chi connectivity index (χ2v) is 4.48. The number of hydrogen-bond acceptors (Lipinski definition) is 1. The average Bonchev–Trinajstić information content (AvgIpc) is 2.31. The van der Waals surface area contributed by atoms with Gasteiger partial charge in [-0.05, 0) is 18.2 Å². The normalized spacial score (nSPS) is 11.1. The largest absolute Gasteiger partial charge is 0.454 e. The van der Waals surface area contributed by atoms with E-state index in [1.54, 1.807) is 18.2 Å². The molecule has 0 saturated heterocycles. The van der Waals surface area contributed by atoms with Crippen LogP contribution in [0.25, 0.3) is 0 Å². The van der Waals surface area contributed by atoms with Crippen LogP contribution in [0.5, 0.6) is 5.75 Å². The van der Waals surface area contributed by atoms with E-state index in [0.717, 1.165) is 0 Å². The van der Waals surface area contributed by atoms with Crippen LogP contribution in [0.3, 0.4) is 0 Å². The second kappa shape index (κ2) is 4.77. The van der Waals surface area contributed by atoms with Crippen LogP contribution < -0.4 is 4.74 Å². The third-order valence-corrected chi connectivity index (χ3v) is 2.63. The topological polar surface area (TPSA) is 9.23 Å². The fourth-order valence-corrected chi connectivity index (χ4v) is 1.71. The van der Waals surface area contributed by atoms with E-state index in [-0.39, 0.29) is 0 Å². The van der Waals surface area contributed by atoms with Gasteiger partial charge in [-0.2, -0.15) is 0 Å². The molecule has 0 saturated carbocycles. The van der Waals surface area contributed by atoms with E-state index >= 15 is 0 Å². The summed E-state index contributed by atoms with van der Waals surface area (Å²) in [5, 5.41) is 0. The molecule has 1 radical (unpaired) electrons. The molecule has 0 fully saturated rings. The van der Waals surface area contributed by atoms with Gasteiger partial charge in [0.15, 0.2) is 0 Å². The van der Waals surface area contributed by atoms with Gasteiger partial charge >= 0.3 is 0 Å². The molecule has 0 aliphatic heterocycles. The molecule has 2 rings (SSSR count). The first kappa shape index (κ1) is 11.3. The van der Waals surface area contributed by atoms with Gasteiger partial charge in [-0.25, -0.2) is 0 Å². The number of rotatable bonds is 3. The molecule has 0 atom stereocenters. The molecule has 0 unspecified atom stereocenters. The van der Waals surface area contributed by atoms with Crippen LogP contribution in [0.4, 0.5) is 0 Å². The van der Waals surface area contributed by atoms with Gasteiger partial charge in [0.1, 0.15) is 5.75 Å². The number of benzene rings is 2. The fraction of sp³-hybridized carbons (Fsp3) is 0.0769. The van der Waals surface area contributed by atoms with Crippen LogP contribution in [0, 0.1) is 6.07 Å². The summed E-state index contributed by atoms with van der Waals surface area (Å²) in [5.41, 5.74) is 0.696. The van der Waals surface area contributed by atoms with Crippen LogP contribution in [0.2, 0.25) is 0 Å². The Labute approximate surface area is 105 Å². The van der Waals surface area contributed by atoms with Crippen LogP contribution >= 0.6 is 23.2 Å². The molecule has 81 valence electrons. The van der Waals surface area contributed by atoms with Gasteiger partial charge in [0, 0.05) is 5.56 Å². The number of ether oxygens (including phenoxy) is 1. The maximum Gasteiger partial charge on any atom is 0.284 e.